The third-order valence-corrected chi connectivity index (χ3v) is 2.57. The van der Waals surface area contributed by atoms with Gasteiger partial charge < -0.3 is 15.9 Å². The number of aliphatic hydroxyl groups is 1. The molecule has 15 heavy (non-hydrogen) atoms. The predicted molar refractivity (Wildman–Crippen MR) is 61.6 cm³/mol. The van der Waals surface area contributed by atoms with Crippen molar-refractivity contribution in [2.24, 2.45) is 5.73 Å². The summed E-state index contributed by atoms with van der Waals surface area (Å²) in [5.74, 6) is -0.766. The number of aliphatic hydroxyl groups excluding tert-OH is 1. The van der Waals surface area contributed by atoms with E-state index in [1.165, 1.54) is 12.1 Å². The monoisotopic (exact) mass is 299 g/mol. The van der Waals surface area contributed by atoms with Crippen LogP contribution in [0.25, 0.3) is 0 Å². The fourth-order valence-corrected chi connectivity index (χ4v) is 1.54. The van der Waals surface area contributed by atoms with E-state index >= 15 is 0 Å². The highest BCUT2D eigenvalue weighted by molar-refractivity contribution is 9.10. The average molecular weight is 301 g/mol. The van der Waals surface area contributed by atoms with E-state index < -0.39 is 11.9 Å². The van der Waals surface area contributed by atoms with Gasteiger partial charge in [-0.05, 0) is 34.5 Å². The third-order valence-electron chi connectivity index (χ3n) is 1.93. The summed E-state index contributed by atoms with van der Waals surface area (Å²) < 4.78 is 13.7. The van der Waals surface area contributed by atoms with Crippen molar-refractivity contribution in [1.29, 1.82) is 0 Å². The first kappa shape index (κ1) is 14.6. The molecule has 1 rings (SSSR count). The number of hydrogen-bond acceptors (Lipinski definition) is 3. The van der Waals surface area contributed by atoms with E-state index in [1.54, 1.807) is 0 Å². The van der Waals surface area contributed by atoms with Crippen molar-refractivity contribution in [2.45, 2.75) is 12.5 Å². The lowest BCUT2D eigenvalue weighted by atomic mass is 10.0. The van der Waals surface area contributed by atoms with Gasteiger partial charge in [0.2, 0.25) is 0 Å². The minimum Gasteiger partial charge on any atom is -0.506 e. The van der Waals surface area contributed by atoms with E-state index in [-0.39, 0.29) is 36.7 Å². The maximum absolute atomic E-state index is 13.3. The lowest BCUT2D eigenvalue weighted by molar-refractivity contribution is 0.274. The summed E-state index contributed by atoms with van der Waals surface area (Å²) in [5.41, 5.74) is 5.63. The molecule has 0 amide bonds. The van der Waals surface area contributed by atoms with Crippen molar-refractivity contribution in [3.63, 3.8) is 0 Å². The second kappa shape index (κ2) is 6.27. The molecule has 0 aliphatic heterocycles. The molecule has 1 aromatic rings. The number of nitrogens with two attached hydrogens (primary N) is 1. The summed E-state index contributed by atoms with van der Waals surface area (Å²) in [6.07, 6.45) is 0.209. The van der Waals surface area contributed by atoms with Crippen molar-refractivity contribution in [2.75, 3.05) is 6.61 Å². The Kier molecular flexibility index (Phi) is 6.12. The molecule has 0 aliphatic rings. The molecule has 0 aromatic heterocycles. The van der Waals surface area contributed by atoms with E-state index in [1.807, 2.05) is 0 Å². The number of aromatic hydroxyl groups is 1. The largest absolute Gasteiger partial charge is 0.506 e. The van der Waals surface area contributed by atoms with Crippen LogP contribution < -0.4 is 5.73 Å². The second-order valence-corrected chi connectivity index (χ2v) is 3.76. The molecular formula is C9H12BrClFNO2. The minimum atomic E-state index is -0.697. The molecule has 0 unspecified atom stereocenters. The Morgan fingerprint density at radius 1 is 1.47 bits per heavy atom. The molecule has 1 atom stereocenters. The standard InChI is InChI=1S/C9H11BrFNO2.ClH/c10-5-1-2-6(11)8(9(5)14)7(12)3-4-13;/h1-2,7,13-14H,3-4,12H2;1H/t7-;/m1./s1. The van der Waals surface area contributed by atoms with E-state index in [4.69, 9.17) is 10.8 Å². The highest BCUT2D eigenvalue weighted by Gasteiger charge is 2.17. The zero-order valence-corrected chi connectivity index (χ0v) is 10.2. The van der Waals surface area contributed by atoms with Crippen LogP contribution in [0.2, 0.25) is 0 Å². The van der Waals surface area contributed by atoms with Crippen LogP contribution in [0.4, 0.5) is 4.39 Å². The van der Waals surface area contributed by atoms with Crippen molar-refractivity contribution < 1.29 is 14.6 Å². The molecule has 0 saturated carbocycles. The Bertz CT molecular complexity index is 338. The Labute approximate surface area is 102 Å². The average Bonchev–Trinajstić information content (AvgIpc) is 2.13. The fourth-order valence-electron chi connectivity index (χ4n) is 1.19. The van der Waals surface area contributed by atoms with Gasteiger partial charge in [-0.25, -0.2) is 4.39 Å². The predicted octanol–water partition coefficient (Wildman–Crippen LogP) is 2.10. The maximum atomic E-state index is 13.3. The highest BCUT2D eigenvalue weighted by atomic mass is 79.9. The lowest BCUT2D eigenvalue weighted by Crippen LogP contribution is -2.14. The van der Waals surface area contributed by atoms with Crippen molar-refractivity contribution in [3.8, 4) is 5.75 Å². The lowest BCUT2D eigenvalue weighted by Gasteiger charge is -2.14. The number of hydrogen-bond donors (Lipinski definition) is 3. The van der Waals surface area contributed by atoms with Gasteiger partial charge in [0.15, 0.2) is 0 Å². The zero-order chi connectivity index (χ0) is 10.7. The van der Waals surface area contributed by atoms with Crippen LogP contribution in [0.5, 0.6) is 5.75 Å². The van der Waals surface area contributed by atoms with Gasteiger partial charge in [0.05, 0.1) is 4.47 Å². The van der Waals surface area contributed by atoms with Crippen LogP contribution in [0, 0.1) is 5.82 Å². The smallest absolute Gasteiger partial charge is 0.137 e. The Balaban J connectivity index is 0.00000196. The van der Waals surface area contributed by atoms with Gasteiger partial charge in [-0.15, -0.1) is 12.4 Å². The van der Waals surface area contributed by atoms with Gasteiger partial charge in [-0.1, -0.05) is 0 Å². The molecule has 1 aromatic carbocycles. The third kappa shape index (κ3) is 3.31. The first-order valence-electron chi connectivity index (χ1n) is 4.11. The van der Waals surface area contributed by atoms with Crippen LogP contribution in [0.3, 0.4) is 0 Å². The number of rotatable bonds is 3. The Morgan fingerprint density at radius 2 is 2.07 bits per heavy atom. The first-order valence-corrected chi connectivity index (χ1v) is 4.90. The molecule has 0 fully saturated rings. The molecule has 4 N–H and O–H groups in total. The zero-order valence-electron chi connectivity index (χ0n) is 7.78. The van der Waals surface area contributed by atoms with Gasteiger partial charge in [-0.2, -0.15) is 0 Å². The van der Waals surface area contributed by atoms with E-state index in [2.05, 4.69) is 15.9 Å². The van der Waals surface area contributed by atoms with E-state index in [0.717, 1.165) is 0 Å². The molecule has 0 saturated heterocycles. The SMILES string of the molecule is Cl.N[C@H](CCO)c1c(F)ccc(Br)c1O. The van der Waals surface area contributed by atoms with E-state index in [9.17, 15) is 9.50 Å². The number of phenolic OH excluding ortho intramolecular Hbond substituents is 1. The summed E-state index contributed by atoms with van der Waals surface area (Å²) in [5, 5.41) is 18.2. The van der Waals surface area contributed by atoms with Gasteiger partial charge in [0.25, 0.3) is 0 Å². The van der Waals surface area contributed by atoms with Crippen LogP contribution in [-0.2, 0) is 0 Å². The molecule has 6 heteroatoms. The van der Waals surface area contributed by atoms with Crippen molar-refractivity contribution in [1.82, 2.24) is 0 Å². The minimum absolute atomic E-state index is 0. The molecule has 86 valence electrons. The number of halogens is 3. The molecule has 3 nitrogen and oxygen atoms in total. The van der Waals surface area contributed by atoms with Crippen molar-refractivity contribution >= 4 is 28.3 Å². The van der Waals surface area contributed by atoms with Crippen LogP contribution in [0.15, 0.2) is 16.6 Å². The second-order valence-electron chi connectivity index (χ2n) is 2.91. The van der Waals surface area contributed by atoms with Gasteiger partial charge in [0.1, 0.15) is 11.6 Å². The molecule has 0 bridgehead atoms. The molecule has 0 aliphatic carbocycles. The summed E-state index contributed by atoms with van der Waals surface area (Å²) in [4.78, 5) is 0. The van der Waals surface area contributed by atoms with Crippen LogP contribution in [0.1, 0.15) is 18.0 Å². The summed E-state index contributed by atoms with van der Waals surface area (Å²) in [6, 6.07) is 1.92. The fraction of sp³-hybridized carbons (Fsp3) is 0.333. The topological polar surface area (TPSA) is 66.5 Å². The van der Waals surface area contributed by atoms with Crippen LogP contribution >= 0.6 is 28.3 Å². The van der Waals surface area contributed by atoms with Gasteiger partial charge >= 0.3 is 0 Å². The number of benzene rings is 1. The van der Waals surface area contributed by atoms with E-state index in [0.29, 0.717) is 4.47 Å². The number of phenols is 1. The molecule has 0 heterocycles. The summed E-state index contributed by atoms with van der Waals surface area (Å²) in [7, 11) is 0. The van der Waals surface area contributed by atoms with Crippen molar-refractivity contribution in [3.05, 3.63) is 28.0 Å². The molecule has 0 spiro atoms. The normalized spacial score (nSPS) is 12.0. The highest BCUT2D eigenvalue weighted by Crippen LogP contribution is 2.33. The van der Waals surface area contributed by atoms with Gasteiger partial charge in [-0.3, -0.25) is 0 Å². The molecule has 0 radical (unpaired) electrons. The Morgan fingerprint density at radius 3 is 2.60 bits per heavy atom. The maximum Gasteiger partial charge on any atom is 0.137 e. The van der Waals surface area contributed by atoms with Gasteiger partial charge in [0, 0.05) is 18.2 Å². The van der Waals surface area contributed by atoms with Crippen LogP contribution in [-0.4, -0.2) is 16.8 Å². The Hall–Kier alpha value is -0.360. The molecular weight excluding hydrogens is 288 g/mol. The summed E-state index contributed by atoms with van der Waals surface area (Å²) in [6.45, 7) is -0.146. The summed E-state index contributed by atoms with van der Waals surface area (Å²) >= 11 is 3.06. The quantitative estimate of drug-likeness (QED) is 0.801. The first-order chi connectivity index (χ1) is 6.57.